The first kappa shape index (κ1) is 14.5. The zero-order valence-electron chi connectivity index (χ0n) is 10.7. The van der Waals surface area contributed by atoms with Crippen molar-refractivity contribution in [3.63, 3.8) is 0 Å². The zero-order valence-corrected chi connectivity index (χ0v) is 10.7. The first-order chi connectivity index (χ1) is 9.97. The molecule has 1 aromatic carbocycles. The van der Waals surface area contributed by atoms with Gasteiger partial charge in [-0.15, -0.1) is 0 Å². The Labute approximate surface area is 118 Å². The number of benzene rings is 1. The van der Waals surface area contributed by atoms with Gasteiger partial charge in [0.2, 0.25) is 0 Å². The van der Waals surface area contributed by atoms with E-state index >= 15 is 0 Å². The molecule has 0 radical (unpaired) electrons. The van der Waals surface area contributed by atoms with Gasteiger partial charge in [-0.05, 0) is 18.2 Å². The van der Waals surface area contributed by atoms with E-state index in [9.17, 15) is 13.6 Å². The van der Waals surface area contributed by atoms with Crippen molar-refractivity contribution in [3.05, 3.63) is 42.1 Å². The van der Waals surface area contributed by atoms with Crippen molar-refractivity contribution in [1.29, 1.82) is 0 Å². The van der Waals surface area contributed by atoms with Gasteiger partial charge in [-0.25, -0.2) is 4.98 Å². The first-order valence-corrected chi connectivity index (χ1v) is 5.83. The number of aromatic nitrogens is 1. The molecule has 0 saturated heterocycles. The van der Waals surface area contributed by atoms with Crippen molar-refractivity contribution in [2.45, 2.75) is 6.61 Å². The molecule has 2 rings (SSSR count). The maximum absolute atomic E-state index is 12.3. The Bertz CT molecular complexity index is 664. The lowest BCUT2D eigenvalue weighted by molar-refractivity contribution is -0.0493. The second kappa shape index (κ2) is 6.04. The Balaban J connectivity index is 2.37. The maximum Gasteiger partial charge on any atom is 0.387 e. The van der Waals surface area contributed by atoms with Gasteiger partial charge >= 0.3 is 6.61 Å². The first-order valence-electron chi connectivity index (χ1n) is 5.83. The molecule has 2 aromatic rings. The molecule has 1 heterocycles. The summed E-state index contributed by atoms with van der Waals surface area (Å²) in [5.74, 6) is -0.729. The normalized spacial score (nSPS) is 10.4. The van der Waals surface area contributed by atoms with Crippen LogP contribution in [0, 0.1) is 0 Å². The number of para-hydroxylation sites is 2. The van der Waals surface area contributed by atoms with Gasteiger partial charge in [-0.3, -0.25) is 4.79 Å². The van der Waals surface area contributed by atoms with Crippen molar-refractivity contribution in [1.82, 2.24) is 4.98 Å². The van der Waals surface area contributed by atoms with Crippen LogP contribution in [0.2, 0.25) is 0 Å². The van der Waals surface area contributed by atoms with Gasteiger partial charge in [0.05, 0.1) is 23.1 Å². The average Bonchev–Trinajstić information content (AvgIpc) is 2.42. The second-order valence-corrected chi connectivity index (χ2v) is 4.03. The molecule has 1 amide bonds. The van der Waals surface area contributed by atoms with Crippen molar-refractivity contribution in [2.75, 3.05) is 11.1 Å². The molecule has 0 aliphatic heterocycles. The number of anilines is 3. The summed E-state index contributed by atoms with van der Waals surface area (Å²) in [5.41, 5.74) is 11.3. The van der Waals surface area contributed by atoms with Gasteiger partial charge in [0.25, 0.3) is 5.91 Å². The Hall–Kier alpha value is -2.90. The number of carbonyl (C=O) groups excluding carboxylic acids is 1. The third kappa shape index (κ3) is 3.56. The number of nitrogens with zero attached hydrogens (tertiary/aromatic N) is 1. The molecule has 6 nitrogen and oxygen atoms in total. The molecule has 110 valence electrons. The van der Waals surface area contributed by atoms with E-state index in [1.165, 1.54) is 30.5 Å². The molecule has 0 bridgehead atoms. The number of rotatable bonds is 5. The van der Waals surface area contributed by atoms with Crippen LogP contribution >= 0.6 is 0 Å². The number of pyridine rings is 1. The summed E-state index contributed by atoms with van der Waals surface area (Å²) in [6.07, 6.45) is 1.31. The number of nitrogens with two attached hydrogens (primary N) is 2. The fourth-order valence-corrected chi connectivity index (χ4v) is 1.66. The number of amides is 1. The Morgan fingerprint density at radius 2 is 2.05 bits per heavy atom. The summed E-state index contributed by atoms with van der Waals surface area (Å²) in [5, 5.41) is 2.73. The molecular weight excluding hydrogens is 282 g/mol. The fraction of sp³-hybridized carbons (Fsp3) is 0.0769. The van der Waals surface area contributed by atoms with Crippen LogP contribution in [-0.4, -0.2) is 17.5 Å². The van der Waals surface area contributed by atoms with E-state index in [1.54, 1.807) is 6.07 Å². The fourth-order valence-electron chi connectivity index (χ4n) is 1.66. The van der Waals surface area contributed by atoms with Crippen LogP contribution in [0.15, 0.2) is 36.5 Å². The highest BCUT2D eigenvalue weighted by molar-refractivity contribution is 5.99. The monoisotopic (exact) mass is 294 g/mol. The molecule has 0 aliphatic rings. The van der Waals surface area contributed by atoms with Crippen molar-refractivity contribution in [3.8, 4) is 5.75 Å². The topological polar surface area (TPSA) is 103 Å². The van der Waals surface area contributed by atoms with E-state index in [2.05, 4.69) is 15.0 Å². The van der Waals surface area contributed by atoms with Gasteiger partial charge in [0.1, 0.15) is 11.6 Å². The molecule has 0 fully saturated rings. The summed E-state index contributed by atoms with van der Waals surface area (Å²) in [6, 6.07) is 7.35. The molecule has 5 N–H and O–H groups in total. The lowest BCUT2D eigenvalue weighted by Crippen LogP contribution is -2.15. The average molecular weight is 294 g/mol. The number of hydrogen-bond donors (Lipinski definition) is 3. The Kier molecular flexibility index (Phi) is 4.17. The van der Waals surface area contributed by atoms with E-state index < -0.39 is 12.5 Å². The SMILES string of the molecule is NC(=O)c1cc(N)cnc1Nc1ccccc1OC(F)F. The number of hydrogen-bond acceptors (Lipinski definition) is 5. The third-order valence-electron chi connectivity index (χ3n) is 2.53. The van der Waals surface area contributed by atoms with Gasteiger partial charge in [0.15, 0.2) is 0 Å². The highest BCUT2D eigenvalue weighted by atomic mass is 19.3. The molecule has 0 spiro atoms. The Morgan fingerprint density at radius 3 is 2.71 bits per heavy atom. The molecule has 0 unspecified atom stereocenters. The lowest BCUT2D eigenvalue weighted by atomic mass is 10.2. The number of alkyl halides is 2. The number of nitrogens with one attached hydrogen (secondary N) is 1. The van der Waals surface area contributed by atoms with Crippen molar-refractivity contribution >= 4 is 23.1 Å². The van der Waals surface area contributed by atoms with Crippen LogP contribution in [0.3, 0.4) is 0 Å². The summed E-state index contributed by atoms with van der Waals surface area (Å²) in [7, 11) is 0. The lowest BCUT2D eigenvalue weighted by Gasteiger charge is -2.13. The highest BCUT2D eigenvalue weighted by Crippen LogP contribution is 2.29. The molecule has 0 aliphatic carbocycles. The van der Waals surface area contributed by atoms with E-state index in [1.807, 2.05) is 0 Å². The van der Waals surface area contributed by atoms with Crippen LogP contribution in [0.1, 0.15) is 10.4 Å². The van der Waals surface area contributed by atoms with Gasteiger partial charge < -0.3 is 21.5 Å². The van der Waals surface area contributed by atoms with Crippen LogP contribution < -0.4 is 21.5 Å². The molecule has 1 aromatic heterocycles. The van der Waals surface area contributed by atoms with E-state index in [0.29, 0.717) is 0 Å². The minimum Gasteiger partial charge on any atom is -0.433 e. The number of primary amides is 1. The van der Waals surface area contributed by atoms with Crippen molar-refractivity contribution < 1.29 is 18.3 Å². The number of halogens is 2. The van der Waals surface area contributed by atoms with Crippen molar-refractivity contribution in [2.24, 2.45) is 5.73 Å². The van der Waals surface area contributed by atoms with Gasteiger partial charge in [-0.1, -0.05) is 12.1 Å². The quantitative estimate of drug-likeness (QED) is 0.783. The Morgan fingerprint density at radius 1 is 1.33 bits per heavy atom. The van der Waals surface area contributed by atoms with Crippen LogP contribution in [0.25, 0.3) is 0 Å². The van der Waals surface area contributed by atoms with Gasteiger partial charge in [-0.2, -0.15) is 8.78 Å². The van der Waals surface area contributed by atoms with Crippen LogP contribution in [0.5, 0.6) is 5.75 Å². The minimum atomic E-state index is -2.97. The van der Waals surface area contributed by atoms with E-state index in [4.69, 9.17) is 11.5 Å². The molecule has 8 heteroatoms. The van der Waals surface area contributed by atoms with E-state index in [-0.39, 0.29) is 28.5 Å². The summed E-state index contributed by atoms with van der Waals surface area (Å²) >= 11 is 0. The van der Waals surface area contributed by atoms with E-state index in [0.717, 1.165) is 0 Å². The smallest absolute Gasteiger partial charge is 0.387 e. The van der Waals surface area contributed by atoms with Crippen LogP contribution in [-0.2, 0) is 0 Å². The molecular formula is C13H12F2N4O2. The number of ether oxygens (including phenoxy) is 1. The van der Waals surface area contributed by atoms with Crippen LogP contribution in [0.4, 0.5) is 26.0 Å². The number of carbonyl (C=O) groups is 1. The maximum atomic E-state index is 12.3. The predicted molar refractivity (Wildman–Crippen MR) is 73.5 cm³/mol. The molecule has 0 saturated carbocycles. The number of nitrogen functional groups attached to an aromatic ring is 1. The predicted octanol–water partition coefficient (Wildman–Crippen LogP) is 2.11. The minimum absolute atomic E-state index is 0.0434. The largest absolute Gasteiger partial charge is 0.433 e. The van der Waals surface area contributed by atoms with Gasteiger partial charge in [0, 0.05) is 0 Å². The zero-order chi connectivity index (χ0) is 15.4. The molecule has 0 atom stereocenters. The third-order valence-corrected chi connectivity index (χ3v) is 2.53. The summed E-state index contributed by atoms with van der Waals surface area (Å²) in [6.45, 7) is -2.97. The highest BCUT2D eigenvalue weighted by Gasteiger charge is 2.14. The summed E-state index contributed by atoms with van der Waals surface area (Å²) in [4.78, 5) is 15.3. The summed E-state index contributed by atoms with van der Waals surface area (Å²) < 4.78 is 29.1. The standard InChI is InChI=1S/C13H12F2N4O2/c14-13(15)21-10-4-2-1-3-9(10)19-12-8(11(17)20)5-7(16)6-18-12/h1-6,13H,16H2,(H2,17,20)(H,18,19). The molecule has 21 heavy (non-hydrogen) atoms. The second-order valence-electron chi connectivity index (χ2n) is 4.03.